The molecular weight excluding hydrogens is 184 g/mol. The third-order valence-corrected chi connectivity index (χ3v) is 1.95. The standard InChI is InChI=1S/C9H8N2O3/c10-8(9(12)13)5-3-7-6(11-4-5)1-2-14-7/h1-4,8H,10H2,(H,12,13)/t8-/m0/s1. The van der Waals surface area contributed by atoms with E-state index in [1.807, 2.05) is 0 Å². The summed E-state index contributed by atoms with van der Waals surface area (Å²) in [6, 6.07) is 2.23. The number of aliphatic carboxylic acids is 1. The topological polar surface area (TPSA) is 89.4 Å². The number of pyridine rings is 1. The molecular formula is C9H8N2O3. The summed E-state index contributed by atoms with van der Waals surface area (Å²) in [5.74, 6) is -1.09. The van der Waals surface area contributed by atoms with Crippen molar-refractivity contribution in [3.8, 4) is 0 Å². The van der Waals surface area contributed by atoms with Crippen molar-refractivity contribution in [2.45, 2.75) is 6.04 Å². The SMILES string of the molecule is N[C@H](C(=O)O)c1cnc2ccoc2c1. The molecule has 0 aliphatic carbocycles. The van der Waals surface area contributed by atoms with Crippen molar-refractivity contribution < 1.29 is 14.3 Å². The molecule has 2 aromatic rings. The summed E-state index contributed by atoms with van der Waals surface area (Å²) in [7, 11) is 0. The zero-order valence-corrected chi connectivity index (χ0v) is 7.18. The van der Waals surface area contributed by atoms with Crippen LogP contribution in [0.4, 0.5) is 0 Å². The van der Waals surface area contributed by atoms with Gasteiger partial charge in [0.1, 0.15) is 11.6 Å². The summed E-state index contributed by atoms with van der Waals surface area (Å²) in [6.07, 6.45) is 2.93. The Morgan fingerprint density at radius 2 is 2.43 bits per heavy atom. The number of fused-ring (bicyclic) bond motifs is 1. The fourth-order valence-electron chi connectivity index (χ4n) is 1.17. The van der Waals surface area contributed by atoms with Gasteiger partial charge in [0.05, 0.1) is 6.26 Å². The Bertz CT molecular complexity index is 478. The monoisotopic (exact) mass is 192 g/mol. The van der Waals surface area contributed by atoms with E-state index in [1.54, 1.807) is 12.1 Å². The molecule has 2 aromatic heterocycles. The average molecular weight is 192 g/mol. The molecule has 0 unspecified atom stereocenters. The first-order chi connectivity index (χ1) is 6.68. The highest BCUT2D eigenvalue weighted by molar-refractivity contribution is 5.78. The van der Waals surface area contributed by atoms with Gasteiger partial charge in [-0.05, 0) is 6.07 Å². The van der Waals surface area contributed by atoms with Gasteiger partial charge in [-0.3, -0.25) is 9.78 Å². The molecule has 3 N–H and O–H groups in total. The van der Waals surface area contributed by atoms with Crippen LogP contribution in [0.5, 0.6) is 0 Å². The predicted molar refractivity (Wildman–Crippen MR) is 48.6 cm³/mol. The van der Waals surface area contributed by atoms with E-state index in [0.29, 0.717) is 16.7 Å². The van der Waals surface area contributed by atoms with Crippen LogP contribution in [0.25, 0.3) is 11.1 Å². The normalized spacial score (nSPS) is 12.9. The molecule has 5 heteroatoms. The second kappa shape index (κ2) is 3.12. The first kappa shape index (κ1) is 8.71. The lowest BCUT2D eigenvalue weighted by atomic mass is 10.1. The van der Waals surface area contributed by atoms with E-state index >= 15 is 0 Å². The summed E-state index contributed by atoms with van der Waals surface area (Å²) in [6.45, 7) is 0. The quantitative estimate of drug-likeness (QED) is 0.738. The summed E-state index contributed by atoms with van der Waals surface area (Å²) in [4.78, 5) is 14.6. The zero-order chi connectivity index (χ0) is 10.1. The van der Waals surface area contributed by atoms with Gasteiger partial charge < -0.3 is 15.3 Å². The molecule has 0 aliphatic heterocycles. The minimum absolute atomic E-state index is 0.431. The zero-order valence-electron chi connectivity index (χ0n) is 7.18. The van der Waals surface area contributed by atoms with E-state index in [9.17, 15) is 4.79 Å². The van der Waals surface area contributed by atoms with Gasteiger partial charge in [-0.1, -0.05) is 0 Å². The summed E-state index contributed by atoms with van der Waals surface area (Å²) in [5, 5.41) is 8.67. The van der Waals surface area contributed by atoms with Crippen LogP contribution >= 0.6 is 0 Å². The lowest BCUT2D eigenvalue weighted by molar-refractivity contribution is -0.138. The molecule has 0 bridgehead atoms. The fourth-order valence-corrected chi connectivity index (χ4v) is 1.17. The third kappa shape index (κ3) is 1.33. The number of nitrogens with two attached hydrogens (primary N) is 1. The highest BCUT2D eigenvalue weighted by Crippen LogP contribution is 2.17. The average Bonchev–Trinajstić information content (AvgIpc) is 2.62. The molecule has 0 amide bonds. The Morgan fingerprint density at radius 1 is 1.64 bits per heavy atom. The highest BCUT2D eigenvalue weighted by Gasteiger charge is 2.15. The van der Waals surface area contributed by atoms with Crippen molar-refractivity contribution in [1.82, 2.24) is 4.98 Å². The Hall–Kier alpha value is -1.88. The molecule has 2 heterocycles. The number of rotatable bonds is 2. The van der Waals surface area contributed by atoms with Crippen LogP contribution in [0.15, 0.2) is 29.0 Å². The number of carboxylic acid groups (broad SMARTS) is 1. The van der Waals surface area contributed by atoms with Crippen LogP contribution in [0.1, 0.15) is 11.6 Å². The van der Waals surface area contributed by atoms with Crippen LogP contribution in [-0.2, 0) is 4.79 Å². The second-order valence-corrected chi connectivity index (χ2v) is 2.89. The number of hydrogen-bond donors (Lipinski definition) is 2. The van der Waals surface area contributed by atoms with Gasteiger partial charge in [0, 0.05) is 17.8 Å². The highest BCUT2D eigenvalue weighted by atomic mass is 16.4. The minimum atomic E-state index is -1.09. The van der Waals surface area contributed by atoms with E-state index in [2.05, 4.69) is 4.98 Å². The van der Waals surface area contributed by atoms with Crippen molar-refractivity contribution in [3.05, 3.63) is 30.2 Å². The van der Waals surface area contributed by atoms with Crippen molar-refractivity contribution in [2.75, 3.05) is 0 Å². The van der Waals surface area contributed by atoms with Crippen molar-refractivity contribution in [1.29, 1.82) is 0 Å². The van der Waals surface area contributed by atoms with Gasteiger partial charge in [-0.25, -0.2) is 0 Å². The van der Waals surface area contributed by atoms with Gasteiger partial charge in [-0.15, -0.1) is 0 Å². The number of carboxylic acids is 1. The first-order valence-corrected chi connectivity index (χ1v) is 4.00. The number of aromatic nitrogens is 1. The summed E-state index contributed by atoms with van der Waals surface area (Å²) in [5.41, 5.74) is 7.07. The molecule has 1 atom stereocenters. The second-order valence-electron chi connectivity index (χ2n) is 2.89. The van der Waals surface area contributed by atoms with Crippen LogP contribution in [-0.4, -0.2) is 16.1 Å². The lowest BCUT2D eigenvalue weighted by Gasteiger charge is -2.04. The van der Waals surface area contributed by atoms with E-state index in [1.165, 1.54) is 12.5 Å². The van der Waals surface area contributed by atoms with Crippen LogP contribution < -0.4 is 5.73 Å². The van der Waals surface area contributed by atoms with Gasteiger partial charge >= 0.3 is 5.97 Å². The van der Waals surface area contributed by atoms with Gasteiger partial charge in [0.2, 0.25) is 0 Å². The molecule has 0 aliphatic rings. The molecule has 14 heavy (non-hydrogen) atoms. The molecule has 2 rings (SSSR count). The van der Waals surface area contributed by atoms with Gasteiger partial charge in [0.25, 0.3) is 0 Å². The largest absolute Gasteiger partial charge is 0.480 e. The molecule has 0 spiro atoms. The number of carbonyl (C=O) groups is 1. The van der Waals surface area contributed by atoms with E-state index < -0.39 is 12.0 Å². The smallest absolute Gasteiger partial charge is 0.325 e. The summed E-state index contributed by atoms with van der Waals surface area (Å²) >= 11 is 0. The number of nitrogens with zero attached hydrogens (tertiary/aromatic N) is 1. The maximum absolute atomic E-state index is 10.6. The molecule has 72 valence electrons. The molecule has 0 fully saturated rings. The molecule has 0 saturated heterocycles. The van der Waals surface area contributed by atoms with Crippen molar-refractivity contribution >= 4 is 17.1 Å². The van der Waals surface area contributed by atoms with Gasteiger partial charge in [-0.2, -0.15) is 0 Å². The molecule has 5 nitrogen and oxygen atoms in total. The van der Waals surface area contributed by atoms with Crippen LogP contribution in [0, 0.1) is 0 Å². The van der Waals surface area contributed by atoms with Crippen LogP contribution in [0.3, 0.4) is 0 Å². The molecule has 0 radical (unpaired) electrons. The number of hydrogen-bond acceptors (Lipinski definition) is 4. The van der Waals surface area contributed by atoms with Gasteiger partial charge in [0.15, 0.2) is 5.58 Å². The van der Waals surface area contributed by atoms with Crippen molar-refractivity contribution in [3.63, 3.8) is 0 Å². The predicted octanol–water partition coefficient (Wildman–Crippen LogP) is 0.912. The van der Waals surface area contributed by atoms with E-state index in [4.69, 9.17) is 15.3 Å². The van der Waals surface area contributed by atoms with E-state index in [0.717, 1.165) is 0 Å². The Labute approximate surface area is 79.2 Å². The fraction of sp³-hybridized carbons (Fsp3) is 0.111. The minimum Gasteiger partial charge on any atom is -0.480 e. The Balaban J connectivity index is 2.48. The number of furan rings is 1. The van der Waals surface area contributed by atoms with Crippen LogP contribution in [0.2, 0.25) is 0 Å². The Kier molecular flexibility index (Phi) is 1.94. The van der Waals surface area contributed by atoms with E-state index in [-0.39, 0.29) is 0 Å². The van der Waals surface area contributed by atoms with Crippen molar-refractivity contribution in [2.24, 2.45) is 5.73 Å². The molecule has 0 aromatic carbocycles. The maximum Gasteiger partial charge on any atom is 0.325 e. The first-order valence-electron chi connectivity index (χ1n) is 4.00. The summed E-state index contributed by atoms with van der Waals surface area (Å²) < 4.78 is 5.08. The molecule has 0 saturated carbocycles. The lowest BCUT2D eigenvalue weighted by Crippen LogP contribution is -2.20. The third-order valence-electron chi connectivity index (χ3n) is 1.95. The Morgan fingerprint density at radius 3 is 3.14 bits per heavy atom. The maximum atomic E-state index is 10.6.